The Morgan fingerprint density at radius 1 is 1.46 bits per heavy atom. The molecule has 0 unspecified atom stereocenters. The van der Waals surface area contributed by atoms with E-state index < -0.39 is 0 Å². The van der Waals surface area contributed by atoms with Crippen LogP contribution in [0.5, 0.6) is 0 Å². The minimum absolute atomic E-state index is 0.0299. The maximum absolute atomic E-state index is 12.3. The molecule has 1 N–H and O–H groups in total. The second-order valence-corrected chi connectivity index (χ2v) is 6.52. The van der Waals surface area contributed by atoms with Crippen molar-refractivity contribution in [3.63, 3.8) is 0 Å². The molecule has 1 atom stereocenters. The highest BCUT2D eigenvalue weighted by Gasteiger charge is 2.26. The van der Waals surface area contributed by atoms with Crippen LogP contribution in [0.3, 0.4) is 0 Å². The quantitative estimate of drug-likeness (QED) is 0.934. The monoisotopic (exact) mass is 328 g/mol. The van der Waals surface area contributed by atoms with Crippen LogP contribution in [0.2, 0.25) is 0 Å². The van der Waals surface area contributed by atoms with Crippen LogP contribution >= 0.6 is 0 Å². The summed E-state index contributed by atoms with van der Waals surface area (Å²) in [6.45, 7) is 6.00. The van der Waals surface area contributed by atoms with Crippen LogP contribution in [-0.4, -0.2) is 34.2 Å². The van der Waals surface area contributed by atoms with E-state index in [0.29, 0.717) is 11.7 Å². The van der Waals surface area contributed by atoms with Gasteiger partial charge in [0.2, 0.25) is 11.7 Å². The summed E-state index contributed by atoms with van der Waals surface area (Å²) >= 11 is 0. The van der Waals surface area contributed by atoms with E-state index in [1.54, 1.807) is 4.90 Å². The maximum Gasteiger partial charge on any atom is 0.317 e. The fourth-order valence-electron chi connectivity index (χ4n) is 2.91. The van der Waals surface area contributed by atoms with E-state index in [4.69, 9.17) is 4.52 Å². The van der Waals surface area contributed by atoms with Crippen LogP contribution in [0.1, 0.15) is 50.3 Å². The smallest absolute Gasteiger partial charge is 0.317 e. The molecule has 0 saturated heterocycles. The summed E-state index contributed by atoms with van der Waals surface area (Å²) < 4.78 is 5.19. The zero-order valence-corrected chi connectivity index (χ0v) is 14.7. The number of benzene rings is 1. The minimum Gasteiger partial charge on any atom is -0.339 e. The molecule has 2 aromatic rings. The molecule has 0 radical (unpaired) electrons. The molecule has 0 bridgehead atoms. The fourth-order valence-corrected chi connectivity index (χ4v) is 2.91. The Morgan fingerprint density at radius 3 is 2.92 bits per heavy atom. The number of fused-ring (bicyclic) bond motifs is 1. The van der Waals surface area contributed by atoms with Gasteiger partial charge in [-0.2, -0.15) is 4.98 Å². The first-order valence-corrected chi connectivity index (χ1v) is 8.48. The molecule has 6 heteroatoms. The summed E-state index contributed by atoms with van der Waals surface area (Å²) in [6.07, 6.45) is 2.59. The molecule has 6 nitrogen and oxygen atoms in total. The van der Waals surface area contributed by atoms with E-state index in [-0.39, 0.29) is 18.1 Å². The van der Waals surface area contributed by atoms with Gasteiger partial charge in [-0.3, -0.25) is 0 Å². The Hall–Kier alpha value is -2.37. The Labute approximate surface area is 142 Å². The Morgan fingerprint density at radius 2 is 2.25 bits per heavy atom. The highest BCUT2D eigenvalue weighted by molar-refractivity contribution is 5.75. The summed E-state index contributed by atoms with van der Waals surface area (Å²) in [6, 6.07) is 6.40. The van der Waals surface area contributed by atoms with Crippen LogP contribution in [0.15, 0.2) is 22.7 Å². The average Bonchev–Trinajstić information content (AvgIpc) is 3.20. The fraction of sp³-hybridized carbons (Fsp3) is 0.500. The lowest BCUT2D eigenvalue weighted by atomic mass is 10.0. The normalized spacial score (nSPS) is 16.3. The van der Waals surface area contributed by atoms with E-state index in [1.807, 2.05) is 33.9 Å². The van der Waals surface area contributed by atoms with E-state index in [9.17, 15) is 4.79 Å². The van der Waals surface area contributed by atoms with Crippen molar-refractivity contribution in [3.05, 3.63) is 35.2 Å². The molecular weight excluding hydrogens is 304 g/mol. The third kappa shape index (κ3) is 3.13. The molecule has 128 valence electrons. The molecule has 2 amide bonds. The number of nitrogens with one attached hydrogen (secondary N) is 1. The molecule has 3 rings (SSSR count). The predicted molar refractivity (Wildman–Crippen MR) is 91.6 cm³/mol. The highest BCUT2D eigenvalue weighted by atomic mass is 16.5. The molecule has 1 aliphatic carbocycles. The number of carbonyl (C=O) groups is 1. The van der Waals surface area contributed by atoms with Gasteiger partial charge < -0.3 is 14.7 Å². The van der Waals surface area contributed by atoms with Crippen molar-refractivity contribution in [2.45, 2.75) is 52.1 Å². The summed E-state index contributed by atoms with van der Waals surface area (Å²) in [5.74, 6) is 1.27. The van der Waals surface area contributed by atoms with Gasteiger partial charge >= 0.3 is 6.03 Å². The van der Waals surface area contributed by atoms with Gasteiger partial charge in [-0.25, -0.2) is 4.79 Å². The molecule has 1 heterocycles. The zero-order chi connectivity index (χ0) is 17.3. The van der Waals surface area contributed by atoms with Crippen molar-refractivity contribution in [1.29, 1.82) is 0 Å². The SMILES string of the molecule is CCc1nc(-c2ccc3c(c2)CC[C@H]3NC(=O)N(C)C(C)C)no1. The number of nitrogens with zero attached hydrogens (tertiary/aromatic N) is 3. The number of aryl methyl sites for hydroxylation is 2. The van der Waals surface area contributed by atoms with E-state index in [1.165, 1.54) is 11.1 Å². The maximum atomic E-state index is 12.3. The van der Waals surface area contributed by atoms with Gasteiger partial charge in [-0.05, 0) is 43.9 Å². The van der Waals surface area contributed by atoms with Crippen LogP contribution in [0.25, 0.3) is 11.4 Å². The first kappa shape index (κ1) is 16.5. The summed E-state index contributed by atoms with van der Waals surface area (Å²) in [7, 11) is 1.82. The van der Waals surface area contributed by atoms with Crippen molar-refractivity contribution in [2.24, 2.45) is 0 Å². The molecule has 1 aliphatic rings. The number of hydrogen-bond donors (Lipinski definition) is 1. The Kier molecular flexibility index (Phi) is 4.55. The third-order valence-corrected chi connectivity index (χ3v) is 4.64. The van der Waals surface area contributed by atoms with Crippen LogP contribution in [-0.2, 0) is 12.8 Å². The lowest BCUT2D eigenvalue weighted by Crippen LogP contribution is -2.42. The Balaban J connectivity index is 1.77. The lowest BCUT2D eigenvalue weighted by Gasteiger charge is -2.24. The second-order valence-electron chi connectivity index (χ2n) is 6.52. The Bertz CT molecular complexity index is 738. The number of rotatable bonds is 4. The van der Waals surface area contributed by atoms with Gasteiger partial charge in [-0.1, -0.05) is 24.2 Å². The van der Waals surface area contributed by atoms with Crippen molar-refractivity contribution in [3.8, 4) is 11.4 Å². The standard InChI is InChI=1S/C18H24N4O2/c1-5-16-20-17(21-24-16)13-6-8-14-12(10-13)7-9-15(14)19-18(23)22(4)11(2)3/h6,8,10-11,15H,5,7,9H2,1-4H3,(H,19,23)/t15-/m1/s1. The van der Waals surface area contributed by atoms with Gasteiger partial charge in [0.1, 0.15) is 0 Å². The topological polar surface area (TPSA) is 71.3 Å². The number of amides is 2. The van der Waals surface area contributed by atoms with E-state index in [0.717, 1.165) is 24.8 Å². The molecule has 0 aliphatic heterocycles. The van der Waals surface area contributed by atoms with Crippen molar-refractivity contribution < 1.29 is 9.32 Å². The number of hydrogen-bond acceptors (Lipinski definition) is 4. The van der Waals surface area contributed by atoms with Gasteiger partial charge in [0.15, 0.2) is 0 Å². The first-order valence-electron chi connectivity index (χ1n) is 8.48. The van der Waals surface area contributed by atoms with E-state index in [2.05, 4.69) is 27.6 Å². The molecule has 0 saturated carbocycles. The van der Waals surface area contributed by atoms with Crippen LogP contribution < -0.4 is 5.32 Å². The number of aromatic nitrogens is 2. The molecule has 24 heavy (non-hydrogen) atoms. The number of carbonyl (C=O) groups excluding carboxylic acids is 1. The van der Waals surface area contributed by atoms with Crippen molar-refractivity contribution in [2.75, 3.05) is 7.05 Å². The van der Waals surface area contributed by atoms with Crippen LogP contribution in [0.4, 0.5) is 4.79 Å². The zero-order valence-electron chi connectivity index (χ0n) is 14.7. The predicted octanol–water partition coefficient (Wildman–Crippen LogP) is 3.34. The van der Waals surface area contributed by atoms with Gasteiger partial charge in [0.05, 0.1) is 6.04 Å². The highest BCUT2D eigenvalue weighted by Crippen LogP contribution is 2.33. The molecule has 1 aromatic carbocycles. The van der Waals surface area contributed by atoms with Gasteiger partial charge in [-0.15, -0.1) is 0 Å². The van der Waals surface area contributed by atoms with Crippen molar-refractivity contribution in [1.82, 2.24) is 20.4 Å². The summed E-state index contributed by atoms with van der Waals surface area (Å²) in [5.41, 5.74) is 3.39. The molecule has 0 fully saturated rings. The van der Waals surface area contributed by atoms with E-state index >= 15 is 0 Å². The van der Waals surface area contributed by atoms with Gasteiger partial charge in [0.25, 0.3) is 0 Å². The molecule has 0 spiro atoms. The summed E-state index contributed by atoms with van der Waals surface area (Å²) in [5, 5.41) is 7.16. The summed E-state index contributed by atoms with van der Waals surface area (Å²) in [4.78, 5) is 18.4. The largest absolute Gasteiger partial charge is 0.339 e. The van der Waals surface area contributed by atoms with Crippen molar-refractivity contribution >= 4 is 6.03 Å². The lowest BCUT2D eigenvalue weighted by molar-refractivity contribution is 0.193. The second kappa shape index (κ2) is 6.63. The van der Waals surface area contributed by atoms with Gasteiger partial charge in [0, 0.05) is 25.1 Å². The third-order valence-electron chi connectivity index (χ3n) is 4.64. The molecular formula is C18H24N4O2. The average molecular weight is 328 g/mol. The molecule has 1 aromatic heterocycles. The number of urea groups is 1. The minimum atomic E-state index is -0.0299. The first-order chi connectivity index (χ1) is 11.5. The van der Waals surface area contributed by atoms with Crippen LogP contribution in [0, 0.1) is 0 Å².